The molecule has 1 rings (SSSR count). The van der Waals surface area contributed by atoms with Crippen molar-refractivity contribution < 1.29 is 4.74 Å². The fraction of sp³-hybridized carbons (Fsp3) is 0.571. The van der Waals surface area contributed by atoms with Crippen LogP contribution in [0, 0.1) is 6.92 Å². The number of rotatable bonds is 7. The van der Waals surface area contributed by atoms with Crippen molar-refractivity contribution in [3.8, 4) is 5.75 Å². The maximum absolute atomic E-state index is 5.68. The fourth-order valence-electron chi connectivity index (χ4n) is 1.78. The van der Waals surface area contributed by atoms with E-state index < -0.39 is 0 Å². The molecule has 3 nitrogen and oxygen atoms in total. The van der Waals surface area contributed by atoms with Gasteiger partial charge in [0.25, 0.3) is 0 Å². The molecular weight excluding hydrogens is 212 g/mol. The molecular formula is C14H24N2O. The Morgan fingerprint density at radius 2 is 2.12 bits per heavy atom. The highest BCUT2D eigenvalue weighted by atomic mass is 16.5. The summed E-state index contributed by atoms with van der Waals surface area (Å²) in [6.45, 7) is 6.10. The Kier molecular flexibility index (Phi) is 6.01. The first-order valence-corrected chi connectivity index (χ1v) is 6.23. The van der Waals surface area contributed by atoms with Crippen LogP contribution in [0.4, 0.5) is 0 Å². The molecule has 1 aromatic carbocycles. The van der Waals surface area contributed by atoms with Crippen molar-refractivity contribution in [2.24, 2.45) is 5.73 Å². The van der Waals surface area contributed by atoms with Crippen LogP contribution in [0.5, 0.6) is 5.75 Å². The van der Waals surface area contributed by atoms with E-state index in [1.165, 1.54) is 11.1 Å². The second kappa shape index (κ2) is 7.30. The van der Waals surface area contributed by atoms with E-state index in [2.05, 4.69) is 24.4 Å². The van der Waals surface area contributed by atoms with Gasteiger partial charge in [-0.3, -0.25) is 0 Å². The average Bonchev–Trinajstić information content (AvgIpc) is 2.28. The van der Waals surface area contributed by atoms with E-state index >= 15 is 0 Å². The van der Waals surface area contributed by atoms with Crippen LogP contribution in [-0.4, -0.2) is 26.2 Å². The van der Waals surface area contributed by atoms with Gasteiger partial charge in [-0.05, 0) is 57.0 Å². The fourth-order valence-corrected chi connectivity index (χ4v) is 1.78. The molecule has 1 atom stereocenters. The standard InChI is InChI=1S/C14H24N2O/c1-11-10-13(4-5-14(11)17-3)7-9-16-8-6-12(2)15/h4-5,10,12,16H,6-9,15H2,1-3H3. The van der Waals surface area contributed by atoms with Gasteiger partial charge in [0.05, 0.1) is 7.11 Å². The lowest BCUT2D eigenvalue weighted by Crippen LogP contribution is -2.25. The molecule has 0 aliphatic heterocycles. The van der Waals surface area contributed by atoms with Crippen molar-refractivity contribution in [2.75, 3.05) is 20.2 Å². The normalized spacial score (nSPS) is 12.5. The van der Waals surface area contributed by atoms with Crippen LogP contribution < -0.4 is 15.8 Å². The highest BCUT2D eigenvalue weighted by Gasteiger charge is 2.00. The molecule has 0 amide bonds. The predicted molar refractivity (Wildman–Crippen MR) is 72.6 cm³/mol. The van der Waals surface area contributed by atoms with Crippen molar-refractivity contribution in [1.82, 2.24) is 5.32 Å². The van der Waals surface area contributed by atoms with E-state index in [9.17, 15) is 0 Å². The van der Waals surface area contributed by atoms with Crippen LogP contribution in [-0.2, 0) is 6.42 Å². The average molecular weight is 236 g/mol. The van der Waals surface area contributed by atoms with Crippen LogP contribution in [0.2, 0.25) is 0 Å². The lowest BCUT2D eigenvalue weighted by molar-refractivity contribution is 0.411. The third-order valence-corrected chi connectivity index (χ3v) is 2.83. The molecule has 0 saturated heterocycles. The first-order valence-electron chi connectivity index (χ1n) is 6.23. The van der Waals surface area contributed by atoms with Crippen molar-refractivity contribution in [3.63, 3.8) is 0 Å². The summed E-state index contributed by atoms with van der Waals surface area (Å²) < 4.78 is 5.24. The summed E-state index contributed by atoms with van der Waals surface area (Å²) in [5, 5.41) is 3.40. The first kappa shape index (κ1) is 14.0. The lowest BCUT2D eigenvalue weighted by atomic mass is 10.1. The molecule has 0 radical (unpaired) electrons. The molecule has 0 aromatic heterocycles. The molecule has 3 N–H and O–H groups in total. The molecule has 17 heavy (non-hydrogen) atoms. The molecule has 3 heteroatoms. The number of benzene rings is 1. The smallest absolute Gasteiger partial charge is 0.121 e. The van der Waals surface area contributed by atoms with Crippen LogP contribution in [0.1, 0.15) is 24.5 Å². The molecule has 1 unspecified atom stereocenters. The van der Waals surface area contributed by atoms with E-state index in [4.69, 9.17) is 10.5 Å². The van der Waals surface area contributed by atoms with Gasteiger partial charge in [0.2, 0.25) is 0 Å². The van der Waals surface area contributed by atoms with Gasteiger partial charge < -0.3 is 15.8 Å². The van der Waals surface area contributed by atoms with Crippen LogP contribution >= 0.6 is 0 Å². The van der Waals surface area contributed by atoms with Gasteiger partial charge in [0.15, 0.2) is 0 Å². The van der Waals surface area contributed by atoms with Crippen LogP contribution in [0.15, 0.2) is 18.2 Å². The molecule has 0 aliphatic rings. The zero-order chi connectivity index (χ0) is 12.7. The van der Waals surface area contributed by atoms with Gasteiger partial charge in [-0.25, -0.2) is 0 Å². The number of methoxy groups -OCH3 is 1. The summed E-state index contributed by atoms with van der Waals surface area (Å²) in [5.41, 5.74) is 8.22. The monoisotopic (exact) mass is 236 g/mol. The van der Waals surface area contributed by atoms with E-state index in [0.29, 0.717) is 0 Å². The quantitative estimate of drug-likeness (QED) is 0.711. The Balaban J connectivity index is 2.30. The summed E-state index contributed by atoms with van der Waals surface area (Å²) in [5.74, 6) is 0.957. The number of hydrogen-bond acceptors (Lipinski definition) is 3. The molecule has 1 aromatic rings. The topological polar surface area (TPSA) is 47.3 Å². The summed E-state index contributed by atoms with van der Waals surface area (Å²) >= 11 is 0. The zero-order valence-corrected chi connectivity index (χ0v) is 11.1. The Labute approximate surface area is 104 Å². The molecule has 0 spiro atoms. The highest BCUT2D eigenvalue weighted by Crippen LogP contribution is 2.18. The summed E-state index contributed by atoms with van der Waals surface area (Å²) in [4.78, 5) is 0. The molecule has 0 aliphatic carbocycles. The third-order valence-electron chi connectivity index (χ3n) is 2.83. The maximum Gasteiger partial charge on any atom is 0.121 e. The highest BCUT2D eigenvalue weighted by molar-refractivity contribution is 5.36. The maximum atomic E-state index is 5.68. The molecule has 96 valence electrons. The third kappa shape index (κ3) is 5.20. The van der Waals surface area contributed by atoms with Crippen molar-refractivity contribution in [2.45, 2.75) is 32.7 Å². The Morgan fingerprint density at radius 1 is 1.35 bits per heavy atom. The summed E-state index contributed by atoms with van der Waals surface area (Å²) in [6, 6.07) is 6.63. The van der Waals surface area contributed by atoms with Crippen molar-refractivity contribution >= 4 is 0 Å². The number of nitrogens with two attached hydrogens (primary N) is 1. The number of nitrogens with one attached hydrogen (secondary N) is 1. The van der Waals surface area contributed by atoms with Gasteiger partial charge in [-0.1, -0.05) is 12.1 Å². The summed E-state index contributed by atoms with van der Waals surface area (Å²) in [7, 11) is 1.71. The number of hydrogen-bond donors (Lipinski definition) is 2. The van der Waals surface area contributed by atoms with E-state index in [1.54, 1.807) is 7.11 Å². The van der Waals surface area contributed by atoms with Gasteiger partial charge in [0.1, 0.15) is 5.75 Å². The minimum absolute atomic E-state index is 0.283. The molecule has 0 saturated carbocycles. The minimum atomic E-state index is 0.283. The van der Waals surface area contributed by atoms with Crippen LogP contribution in [0.3, 0.4) is 0 Å². The van der Waals surface area contributed by atoms with Gasteiger partial charge >= 0.3 is 0 Å². The van der Waals surface area contributed by atoms with E-state index in [0.717, 1.165) is 31.7 Å². The predicted octanol–water partition coefficient (Wildman–Crippen LogP) is 1.87. The Bertz CT molecular complexity index is 337. The van der Waals surface area contributed by atoms with Gasteiger partial charge in [-0.15, -0.1) is 0 Å². The van der Waals surface area contributed by atoms with E-state index in [-0.39, 0.29) is 6.04 Å². The Morgan fingerprint density at radius 3 is 2.71 bits per heavy atom. The van der Waals surface area contributed by atoms with E-state index in [1.807, 2.05) is 13.0 Å². The first-order chi connectivity index (χ1) is 8.13. The largest absolute Gasteiger partial charge is 0.496 e. The molecule has 0 bridgehead atoms. The second-order valence-corrected chi connectivity index (χ2v) is 4.57. The number of ether oxygens (including phenoxy) is 1. The van der Waals surface area contributed by atoms with Crippen molar-refractivity contribution in [3.05, 3.63) is 29.3 Å². The molecule has 0 heterocycles. The van der Waals surface area contributed by atoms with Crippen LogP contribution in [0.25, 0.3) is 0 Å². The molecule has 0 fully saturated rings. The summed E-state index contributed by atoms with van der Waals surface area (Å²) in [6.07, 6.45) is 2.07. The Hall–Kier alpha value is -1.06. The lowest BCUT2D eigenvalue weighted by Gasteiger charge is -2.09. The van der Waals surface area contributed by atoms with Gasteiger partial charge in [0, 0.05) is 6.04 Å². The number of aryl methyl sites for hydroxylation is 1. The zero-order valence-electron chi connectivity index (χ0n) is 11.1. The minimum Gasteiger partial charge on any atom is -0.496 e. The second-order valence-electron chi connectivity index (χ2n) is 4.57. The van der Waals surface area contributed by atoms with Crippen molar-refractivity contribution in [1.29, 1.82) is 0 Å². The SMILES string of the molecule is COc1ccc(CCNCCC(C)N)cc1C. The van der Waals surface area contributed by atoms with Gasteiger partial charge in [-0.2, -0.15) is 0 Å².